The molecule has 0 radical (unpaired) electrons. The summed E-state index contributed by atoms with van der Waals surface area (Å²) in [5, 5.41) is 8.97. The zero-order chi connectivity index (χ0) is 14.0. The van der Waals surface area contributed by atoms with Crippen LogP contribution in [0.3, 0.4) is 0 Å². The molecule has 2 unspecified atom stereocenters. The maximum absolute atomic E-state index is 10.9. The van der Waals surface area contributed by atoms with Crippen molar-refractivity contribution in [2.45, 2.75) is 39.3 Å². The highest BCUT2D eigenvalue weighted by Crippen LogP contribution is 2.27. The fraction of sp³-hybridized carbons (Fsp3) is 0.533. The van der Waals surface area contributed by atoms with Crippen LogP contribution in [0, 0.1) is 5.92 Å². The number of benzene rings is 1. The van der Waals surface area contributed by atoms with Crippen molar-refractivity contribution >= 4 is 21.9 Å². The molecule has 3 nitrogen and oxygen atoms in total. The number of nitrogens with zero attached hydrogens (tertiary/aromatic N) is 1. The largest absolute Gasteiger partial charge is 0.478 e. The van der Waals surface area contributed by atoms with E-state index in [0.29, 0.717) is 11.6 Å². The molecular formula is C15H20BrNO2. The zero-order valence-electron chi connectivity index (χ0n) is 11.4. The average molecular weight is 326 g/mol. The van der Waals surface area contributed by atoms with E-state index in [1.54, 1.807) is 12.1 Å². The van der Waals surface area contributed by atoms with Gasteiger partial charge in [0.2, 0.25) is 0 Å². The molecule has 2 atom stereocenters. The minimum Gasteiger partial charge on any atom is -0.478 e. The third kappa shape index (κ3) is 3.37. The van der Waals surface area contributed by atoms with E-state index in [-0.39, 0.29) is 0 Å². The second kappa shape index (κ2) is 6.06. The van der Waals surface area contributed by atoms with E-state index >= 15 is 0 Å². The molecule has 0 bridgehead atoms. The molecule has 1 aromatic rings. The Morgan fingerprint density at radius 3 is 2.84 bits per heavy atom. The number of carboxylic acids is 1. The van der Waals surface area contributed by atoms with Gasteiger partial charge in [-0.15, -0.1) is 0 Å². The summed E-state index contributed by atoms with van der Waals surface area (Å²) >= 11 is 3.49. The fourth-order valence-electron chi connectivity index (χ4n) is 2.67. The lowest BCUT2D eigenvalue weighted by molar-refractivity contribution is 0.0696. The molecule has 0 amide bonds. The Kier molecular flexibility index (Phi) is 4.63. The van der Waals surface area contributed by atoms with Gasteiger partial charge in [0.15, 0.2) is 0 Å². The smallest absolute Gasteiger partial charge is 0.335 e. The Morgan fingerprint density at radius 2 is 2.21 bits per heavy atom. The highest BCUT2D eigenvalue weighted by atomic mass is 79.9. The maximum atomic E-state index is 10.9. The average Bonchev–Trinajstić information content (AvgIpc) is 2.37. The van der Waals surface area contributed by atoms with Crippen molar-refractivity contribution in [3.8, 4) is 0 Å². The highest BCUT2D eigenvalue weighted by molar-refractivity contribution is 9.10. The monoisotopic (exact) mass is 325 g/mol. The summed E-state index contributed by atoms with van der Waals surface area (Å²) in [7, 11) is 0. The van der Waals surface area contributed by atoms with Crippen molar-refractivity contribution in [3.05, 3.63) is 33.8 Å². The van der Waals surface area contributed by atoms with E-state index in [1.807, 2.05) is 6.07 Å². The molecule has 0 aromatic heterocycles. The van der Waals surface area contributed by atoms with Gasteiger partial charge in [-0.1, -0.05) is 28.9 Å². The number of aromatic carboxylic acids is 1. The first-order chi connectivity index (χ1) is 8.99. The summed E-state index contributed by atoms with van der Waals surface area (Å²) in [4.78, 5) is 13.4. The Morgan fingerprint density at radius 1 is 1.47 bits per heavy atom. The molecule has 4 heteroatoms. The van der Waals surface area contributed by atoms with Crippen LogP contribution in [0.4, 0.5) is 0 Å². The number of hydrogen-bond donors (Lipinski definition) is 1. The Labute approximate surface area is 122 Å². The predicted molar refractivity (Wildman–Crippen MR) is 79.4 cm³/mol. The highest BCUT2D eigenvalue weighted by Gasteiger charge is 2.25. The van der Waals surface area contributed by atoms with E-state index in [4.69, 9.17) is 5.11 Å². The van der Waals surface area contributed by atoms with E-state index < -0.39 is 5.97 Å². The van der Waals surface area contributed by atoms with Crippen molar-refractivity contribution in [1.82, 2.24) is 4.90 Å². The van der Waals surface area contributed by atoms with Gasteiger partial charge in [0.25, 0.3) is 0 Å². The van der Waals surface area contributed by atoms with E-state index in [0.717, 1.165) is 29.0 Å². The molecule has 1 heterocycles. The van der Waals surface area contributed by atoms with Crippen molar-refractivity contribution in [2.75, 3.05) is 6.54 Å². The van der Waals surface area contributed by atoms with Crippen LogP contribution >= 0.6 is 15.9 Å². The van der Waals surface area contributed by atoms with Crippen molar-refractivity contribution in [1.29, 1.82) is 0 Å². The number of likely N-dealkylation sites (tertiary alicyclic amines) is 1. The molecule has 0 aliphatic carbocycles. The van der Waals surface area contributed by atoms with Gasteiger partial charge in [0.1, 0.15) is 0 Å². The summed E-state index contributed by atoms with van der Waals surface area (Å²) in [6, 6.07) is 5.87. The van der Waals surface area contributed by atoms with Crippen molar-refractivity contribution < 1.29 is 9.90 Å². The lowest BCUT2D eigenvalue weighted by Crippen LogP contribution is -2.41. The van der Waals surface area contributed by atoms with Gasteiger partial charge in [-0.25, -0.2) is 4.79 Å². The molecule has 1 aromatic carbocycles. The topological polar surface area (TPSA) is 40.5 Å². The second-order valence-electron chi connectivity index (χ2n) is 5.44. The van der Waals surface area contributed by atoms with Crippen molar-refractivity contribution in [3.63, 3.8) is 0 Å². The van der Waals surface area contributed by atoms with Crippen LogP contribution < -0.4 is 0 Å². The summed E-state index contributed by atoms with van der Waals surface area (Å²) in [6.07, 6.45) is 2.55. The van der Waals surface area contributed by atoms with E-state index in [2.05, 4.69) is 34.7 Å². The van der Waals surface area contributed by atoms with Crippen LogP contribution in [-0.4, -0.2) is 28.6 Å². The zero-order valence-corrected chi connectivity index (χ0v) is 13.0. The minimum absolute atomic E-state index is 0.329. The first-order valence-corrected chi connectivity index (χ1v) is 7.54. The van der Waals surface area contributed by atoms with Gasteiger partial charge in [-0.2, -0.15) is 0 Å². The van der Waals surface area contributed by atoms with Gasteiger partial charge >= 0.3 is 5.97 Å². The molecule has 1 saturated heterocycles. The second-order valence-corrected chi connectivity index (χ2v) is 6.30. The number of rotatable bonds is 3. The molecule has 1 aliphatic rings. The van der Waals surface area contributed by atoms with Gasteiger partial charge in [0, 0.05) is 17.1 Å². The number of carboxylic acid groups (broad SMARTS) is 1. The third-order valence-electron chi connectivity index (χ3n) is 4.18. The summed E-state index contributed by atoms with van der Waals surface area (Å²) in [5.74, 6) is -0.155. The van der Waals surface area contributed by atoms with Crippen LogP contribution in [-0.2, 0) is 6.54 Å². The minimum atomic E-state index is -0.882. The van der Waals surface area contributed by atoms with Gasteiger partial charge in [-0.05, 0) is 49.9 Å². The molecule has 104 valence electrons. The molecule has 0 spiro atoms. The Bertz CT molecular complexity index is 475. The van der Waals surface area contributed by atoms with Crippen LogP contribution in [0.15, 0.2) is 22.7 Å². The molecular weight excluding hydrogens is 306 g/mol. The summed E-state index contributed by atoms with van der Waals surface area (Å²) in [6.45, 7) is 6.59. The molecule has 1 N–H and O–H groups in total. The van der Waals surface area contributed by atoms with Gasteiger partial charge in [0.05, 0.1) is 5.56 Å². The first-order valence-electron chi connectivity index (χ1n) is 6.75. The Hall–Kier alpha value is -0.870. The molecule has 0 saturated carbocycles. The molecule has 2 rings (SSSR count). The van der Waals surface area contributed by atoms with Gasteiger partial charge < -0.3 is 5.11 Å². The lowest BCUT2D eigenvalue weighted by Gasteiger charge is -2.38. The van der Waals surface area contributed by atoms with E-state index in [1.165, 1.54) is 12.8 Å². The molecule has 1 fully saturated rings. The standard InChI is InChI=1S/C15H20BrNO2/c1-10-4-3-7-17(11(10)2)9-13-6-5-12(15(18)19)8-14(13)16/h5-6,8,10-11H,3-4,7,9H2,1-2H3,(H,18,19). The molecule has 1 aliphatic heterocycles. The SMILES string of the molecule is CC1CCCN(Cc2ccc(C(=O)O)cc2Br)C1C. The number of carbonyl (C=O) groups is 1. The summed E-state index contributed by atoms with van der Waals surface area (Å²) in [5.41, 5.74) is 1.49. The normalized spacial score (nSPS) is 24.4. The van der Waals surface area contributed by atoms with Gasteiger partial charge in [-0.3, -0.25) is 4.90 Å². The predicted octanol–water partition coefficient (Wildman–Crippen LogP) is 3.77. The third-order valence-corrected chi connectivity index (χ3v) is 4.92. The first kappa shape index (κ1) is 14.5. The summed E-state index contributed by atoms with van der Waals surface area (Å²) < 4.78 is 0.887. The van der Waals surface area contributed by atoms with Crippen LogP contribution in [0.2, 0.25) is 0 Å². The van der Waals surface area contributed by atoms with Crippen LogP contribution in [0.25, 0.3) is 0 Å². The number of hydrogen-bond acceptors (Lipinski definition) is 2. The fourth-order valence-corrected chi connectivity index (χ4v) is 3.18. The van der Waals surface area contributed by atoms with Crippen LogP contribution in [0.5, 0.6) is 0 Å². The quantitative estimate of drug-likeness (QED) is 0.919. The maximum Gasteiger partial charge on any atom is 0.335 e. The Balaban J connectivity index is 2.12. The van der Waals surface area contributed by atoms with Crippen LogP contribution in [0.1, 0.15) is 42.6 Å². The number of piperidine rings is 1. The van der Waals surface area contributed by atoms with Crippen molar-refractivity contribution in [2.24, 2.45) is 5.92 Å². The lowest BCUT2D eigenvalue weighted by atomic mass is 9.91. The molecule has 19 heavy (non-hydrogen) atoms. The number of halogens is 1. The van der Waals surface area contributed by atoms with E-state index in [9.17, 15) is 4.79 Å².